The lowest BCUT2D eigenvalue weighted by atomic mass is 10.0. The molecule has 0 N–H and O–H groups in total. The van der Waals surface area contributed by atoms with Crippen molar-refractivity contribution in [3.63, 3.8) is 0 Å². The minimum absolute atomic E-state index is 0.373. The molecule has 0 aliphatic rings. The molecule has 0 amide bonds. The van der Waals surface area contributed by atoms with Crippen molar-refractivity contribution in [2.45, 2.75) is 6.04 Å². The van der Waals surface area contributed by atoms with E-state index in [2.05, 4.69) is 6.92 Å². The number of benzene rings is 2. The van der Waals surface area contributed by atoms with Crippen LogP contribution >= 0.6 is 0 Å². The summed E-state index contributed by atoms with van der Waals surface area (Å²) in [5, 5.41) is 12.6. The van der Waals surface area contributed by atoms with Gasteiger partial charge in [-0.3, -0.25) is 10.1 Å². The van der Waals surface area contributed by atoms with Gasteiger partial charge in [-0.05, 0) is 10.8 Å². The van der Waals surface area contributed by atoms with Crippen LogP contribution in [0.2, 0.25) is 0 Å². The van der Waals surface area contributed by atoms with Gasteiger partial charge in [0.25, 0.3) is 0 Å². The molecule has 1 radical (unpaired) electrons. The average Bonchev–Trinajstić information content (AvgIpc) is 2.27. The van der Waals surface area contributed by atoms with E-state index < -0.39 is 6.04 Å². The van der Waals surface area contributed by atoms with E-state index >= 15 is 0 Å². The Kier molecular flexibility index (Phi) is 2.37. The van der Waals surface area contributed by atoms with E-state index in [1.54, 1.807) is 6.07 Å². The van der Waals surface area contributed by atoms with E-state index in [-0.39, 0.29) is 4.92 Å². The summed E-state index contributed by atoms with van der Waals surface area (Å²) in [4.78, 5) is 10.3. The highest BCUT2D eigenvalue weighted by Gasteiger charge is 2.17. The van der Waals surface area contributed by atoms with Gasteiger partial charge >= 0.3 is 0 Å². The van der Waals surface area contributed by atoms with Crippen molar-refractivity contribution >= 4 is 10.8 Å². The van der Waals surface area contributed by atoms with Crippen molar-refractivity contribution in [3.8, 4) is 0 Å². The van der Waals surface area contributed by atoms with Gasteiger partial charge in [0, 0.05) is 17.4 Å². The van der Waals surface area contributed by atoms with Crippen LogP contribution in [-0.2, 0) is 0 Å². The number of rotatable bonds is 2. The molecule has 2 aromatic rings. The summed E-state index contributed by atoms with van der Waals surface area (Å²) < 4.78 is 0. The van der Waals surface area contributed by atoms with Crippen LogP contribution in [0.4, 0.5) is 0 Å². The number of nitrogens with zero attached hydrogens (tertiary/aromatic N) is 1. The number of hydrogen-bond acceptors (Lipinski definition) is 2. The second kappa shape index (κ2) is 3.69. The molecular formula is C12H10NO2. The predicted molar refractivity (Wildman–Crippen MR) is 59.0 cm³/mol. The second-order valence-corrected chi connectivity index (χ2v) is 3.37. The number of fused-ring (bicyclic) bond motifs is 1. The lowest BCUT2D eigenvalue weighted by molar-refractivity contribution is -0.516. The average molecular weight is 200 g/mol. The molecule has 0 aromatic heterocycles. The van der Waals surface area contributed by atoms with Gasteiger partial charge in [-0.1, -0.05) is 42.5 Å². The molecule has 0 aliphatic heterocycles. The van der Waals surface area contributed by atoms with E-state index in [9.17, 15) is 10.1 Å². The summed E-state index contributed by atoms with van der Waals surface area (Å²) in [6.07, 6.45) is 0. The molecule has 0 saturated carbocycles. The molecule has 15 heavy (non-hydrogen) atoms. The highest BCUT2D eigenvalue weighted by molar-refractivity contribution is 5.86. The Bertz CT molecular complexity index is 502. The van der Waals surface area contributed by atoms with Crippen LogP contribution in [0.1, 0.15) is 11.6 Å². The van der Waals surface area contributed by atoms with Crippen molar-refractivity contribution in [3.05, 3.63) is 65.1 Å². The van der Waals surface area contributed by atoms with Crippen molar-refractivity contribution in [2.75, 3.05) is 0 Å². The first-order chi connectivity index (χ1) is 7.20. The molecule has 0 saturated heterocycles. The summed E-state index contributed by atoms with van der Waals surface area (Å²) in [6.45, 7) is 3.56. The smallest absolute Gasteiger partial charge is 0.238 e. The van der Waals surface area contributed by atoms with Crippen LogP contribution in [0, 0.1) is 17.0 Å². The first-order valence-corrected chi connectivity index (χ1v) is 4.64. The lowest BCUT2D eigenvalue weighted by Gasteiger charge is -2.07. The normalized spacial score (nSPS) is 12.6. The fraction of sp³-hybridized carbons (Fsp3) is 0.0833. The molecule has 2 aromatic carbocycles. The molecule has 3 heteroatoms. The van der Waals surface area contributed by atoms with Crippen LogP contribution in [0.5, 0.6) is 0 Å². The molecule has 0 spiro atoms. The van der Waals surface area contributed by atoms with Gasteiger partial charge in [-0.15, -0.1) is 0 Å². The zero-order valence-electron chi connectivity index (χ0n) is 8.09. The largest absolute Gasteiger partial charge is 0.264 e. The Labute approximate surface area is 87.5 Å². The minimum atomic E-state index is -0.906. The van der Waals surface area contributed by atoms with E-state index in [4.69, 9.17) is 0 Å². The highest BCUT2D eigenvalue weighted by Crippen LogP contribution is 2.25. The Morgan fingerprint density at radius 3 is 2.53 bits per heavy atom. The molecule has 0 bridgehead atoms. The van der Waals surface area contributed by atoms with Gasteiger partial charge in [0.1, 0.15) is 0 Å². The first-order valence-electron chi connectivity index (χ1n) is 4.64. The summed E-state index contributed by atoms with van der Waals surface area (Å²) in [5.74, 6) is 0. The molecular weight excluding hydrogens is 190 g/mol. The molecule has 3 nitrogen and oxygen atoms in total. The van der Waals surface area contributed by atoms with Gasteiger partial charge in [0.2, 0.25) is 6.04 Å². The Hall–Kier alpha value is -1.90. The minimum Gasteiger partial charge on any atom is -0.264 e. The summed E-state index contributed by atoms with van der Waals surface area (Å²) in [6, 6.07) is 12.2. The summed E-state index contributed by atoms with van der Waals surface area (Å²) in [7, 11) is 0. The predicted octanol–water partition coefficient (Wildman–Crippen LogP) is 2.99. The fourth-order valence-corrected chi connectivity index (χ4v) is 1.65. The van der Waals surface area contributed by atoms with Crippen LogP contribution < -0.4 is 0 Å². The second-order valence-electron chi connectivity index (χ2n) is 3.37. The highest BCUT2D eigenvalue weighted by atomic mass is 16.6. The van der Waals surface area contributed by atoms with Crippen molar-refractivity contribution in [1.29, 1.82) is 0 Å². The van der Waals surface area contributed by atoms with Gasteiger partial charge in [-0.25, -0.2) is 0 Å². The fourth-order valence-electron chi connectivity index (χ4n) is 1.65. The molecule has 2 rings (SSSR count). The van der Waals surface area contributed by atoms with Crippen LogP contribution in [0.3, 0.4) is 0 Å². The zero-order chi connectivity index (χ0) is 10.8. The maximum Gasteiger partial charge on any atom is 0.238 e. The van der Waals surface area contributed by atoms with Gasteiger partial charge < -0.3 is 0 Å². The van der Waals surface area contributed by atoms with Crippen LogP contribution in [0.15, 0.2) is 42.5 Å². The molecule has 0 fully saturated rings. The summed E-state index contributed by atoms with van der Waals surface area (Å²) >= 11 is 0. The van der Waals surface area contributed by atoms with E-state index in [1.165, 1.54) is 0 Å². The Balaban J connectivity index is 2.65. The van der Waals surface area contributed by atoms with Crippen LogP contribution in [-0.4, -0.2) is 4.92 Å². The third kappa shape index (κ3) is 1.68. The molecule has 1 atom stereocenters. The van der Waals surface area contributed by atoms with Crippen LogP contribution in [0.25, 0.3) is 10.8 Å². The van der Waals surface area contributed by atoms with Gasteiger partial charge in [0.05, 0.1) is 0 Å². The Morgan fingerprint density at radius 1 is 1.13 bits per heavy atom. The van der Waals surface area contributed by atoms with Crippen molar-refractivity contribution < 1.29 is 4.92 Å². The number of hydrogen-bond donors (Lipinski definition) is 0. The van der Waals surface area contributed by atoms with Gasteiger partial charge in [0.15, 0.2) is 0 Å². The third-order valence-corrected chi connectivity index (χ3v) is 2.44. The van der Waals surface area contributed by atoms with E-state index in [0.29, 0.717) is 5.56 Å². The maximum atomic E-state index is 10.7. The van der Waals surface area contributed by atoms with Crippen molar-refractivity contribution in [1.82, 2.24) is 0 Å². The van der Waals surface area contributed by atoms with Crippen molar-refractivity contribution in [2.24, 2.45) is 0 Å². The summed E-state index contributed by atoms with van der Waals surface area (Å²) in [5.41, 5.74) is 0.665. The topological polar surface area (TPSA) is 43.1 Å². The number of nitro groups is 1. The van der Waals surface area contributed by atoms with E-state index in [0.717, 1.165) is 10.8 Å². The Morgan fingerprint density at radius 2 is 1.80 bits per heavy atom. The first kappa shape index (κ1) is 9.65. The SMILES string of the molecule is [CH2]C(c1cccc2ccccc12)[N+](=O)[O-]. The van der Waals surface area contributed by atoms with E-state index in [1.807, 2.05) is 36.4 Å². The zero-order valence-corrected chi connectivity index (χ0v) is 8.09. The standard InChI is InChI=1S/C12H10NO2/c1-9(13(14)15)11-8-4-6-10-5-2-3-7-12(10)11/h2-9H,1H2. The molecule has 75 valence electrons. The monoisotopic (exact) mass is 200 g/mol. The molecule has 0 aliphatic carbocycles. The quantitative estimate of drug-likeness (QED) is 0.552. The van der Waals surface area contributed by atoms with Gasteiger partial charge in [-0.2, -0.15) is 0 Å². The molecule has 1 unspecified atom stereocenters. The maximum absolute atomic E-state index is 10.7. The lowest BCUT2D eigenvalue weighted by Crippen LogP contribution is -2.06. The molecule has 0 heterocycles. The third-order valence-electron chi connectivity index (χ3n) is 2.44.